The van der Waals surface area contributed by atoms with Crippen molar-refractivity contribution < 1.29 is 0 Å². The summed E-state index contributed by atoms with van der Waals surface area (Å²) in [6, 6.07) is 1.99. The fourth-order valence-corrected chi connectivity index (χ4v) is 2.99. The van der Waals surface area contributed by atoms with Crippen LogP contribution in [0.15, 0.2) is 53.1 Å². The summed E-state index contributed by atoms with van der Waals surface area (Å²) in [7, 11) is 0. The Kier molecular flexibility index (Phi) is 4.28. The number of fused-ring (bicyclic) bond motifs is 1. The molecule has 2 aromatic heterocycles. The molecule has 2 rings (SSSR count). The molecule has 3 nitrogen and oxygen atoms in total. The maximum absolute atomic E-state index is 4.27. The van der Waals surface area contributed by atoms with Crippen molar-refractivity contribution in [1.82, 2.24) is 9.97 Å². The Balaban J connectivity index is 2.24. The minimum absolute atomic E-state index is 0.664. The Morgan fingerprint density at radius 1 is 1.44 bits per heavy atom. The molecule has 0 unspecified atom stereocenters. The van der Waals surface area contributed by atoms with Gasteiger partial charge in [-0.05, 0) is 27.6 Å². The minimum Gasteiger partial charge on any atom is -0.365 e. The SMILES string of the molecule is C=C/C=C(\C=C)CNc1ncnc2cc(Br)sc12. The third-order valence-electron chi connectivity index (χ3n) is 2.34. The fourth-order valence-electron chi connectivity index (χ4n) is 1.49. The van der Waals surface area contributed by atoms with E-state index in [1.54, 1.807) is 29.8 Å². The molecule has 0 aromatic carbocycles. The number of nitrogens with zero attached hydrogens (tertiary/aromatic N) is 2. The lowest BCUT2D eigenvalue weighted by Crippen LogP contribution is -2.05. The maximum atomic E-state index is 4.27. The van der Waals surface area contributed by atoms with Crippen LogP contribution in [-0.4, -0.2) is 16.5 Å². The van der Waals surface area contributed by atoms with Crippen molar-refractivity contribution in [3.8, 4) is 0 Å². The molecule has 0 aliphatic rings. The molecule has 5 heteroatoms. The smallest absolute Gasteiger partial charge is 0.147 e. The van der Waals surface area contributed by atoms with Crippen molar-refractivity contribution in [3.63, 3.8) is 0 Å². The van der Waals surface area contributed by atoms with Gasteiger partial charge in [-0.3, -0.25) is 0 Å². The molecule has 0 saturated carbocycles. The molecule has 0 bridgehead atoms. The van der Waals surface area contributed by atoms with Gasteiger partial charge in [0.2, 0.25) is 0 Å². The van der Waals surface area contributed by atoms with E-state index in [2.05, 4.69) is 44.4 Å². The monoisotopic (exact) mass is 321 g/mol. The number of aromatic nitrogens is 2. The molecule has 92 valence electrons. The van der Waals surface area contributed by atoms with Gasteiger partial charge in [-0.25, -0.2) is 9.97 Å². The first kappa shape index (κ1) is 13.0. The Labute approximate surface area is 118 Å². The summed E-state index contributed by atoms with van der Waals surface area (Å²) in [5.41, 5.74) is 2.00. The molecule has 1 N–H and O–H groups in total. The van der Waals surface area contributed by atoms with Crippen LogP contribution in [0.3, 0.4) is 0 Å². The van der Waals surface area contributed by atoms with Gasteiger partial charge in [-0.2, -0.15) is 0 Å². The van der Waals surface area contributed by atoms with Crippen molar-refractivity contribution in [2.45, 2.75) is 0 Å². The molecule has 0 radical (unpaired) electrons. The van der Waals surface area contributed by atoms with Gasteiger partial charge in [0.1, 0.15) is 12.1 Å². The van der Waals surface area contributed by atoms with Gasteiger partial charge in [0.25, 0.3) is 0 Å². The highest BCUT2D eigenvalue weighted by atomic mass is 79.9. The van der Waals surface area contributed by atoms with E-state index >= 15 is 0 Å². The first-order valence-electron chi connectivity index (χ1n) is 5.32. The molecule has 0 saturated heterocycles. The molecule has 0 amide bonds. The molecule has 18 heavy (non-hydrogen) atoms. The summed E-state index contributed by atoms with van der Waals surface area (Å²) in [5.74, 6) is 0.840. The predicted molar refractivity (Wildman–Crippen MR) is 82.1 cm³/mol. The summed E-state index contributed by atoms with van der Waals surface area (Å²) >= 11 is 5.07. The highest BCUT2D eigenvalue weighted by Crippen LogP contribution is 2.32. The van der Waals surface area contributed by atoms with Gasteiger partial charge in [0.15, 0.2) is 0 Å². The van der Waals surface area contributed by atoms with E-state index in [4.69, 9.17) is 0 Å². The normalized spacial score (nSPS) is 11.5. The van der Waals surface area contributed by atoms with E-state index in [0.717, 1.165) is 25.4 Å². The first-order valence-corrected chi connectivity index (χ1v) is 6.93. The van der Waals surface area contributed by atoms with Crippen LogP contribution in [0.25, 0.3) is 10.2 Å². The molecule has 0 aliphatic heterocycles. The van der Waals surface area contributed by atoms with Gasteiger partial charge in [-0.1, -0.05) is 31.4 Å². The van der Waals surface area contributed by atoms with Gasteiger partial charge >= 0.3 is 0 Å². The highest BCUT2D eigenvalue weighted by Gasteiger charge is 2.07. The van der Waals surface area contributed by atoms with Crippen LogP contribution in [-0.2, 0) is 0 Å². The average Bonchev–Trinajstić information content (AvgIpc) is 2.75. The van der Waals surface area contributed by atoms with Crippen LogP contribution >= 0.6 is 27.3 Å². The second-order valence-electron chi connectivity index (χ2n) is 3.52. The van der Waals surface area contributed by atoms with Gasteiger partial charge in [0, 0.05) is 6.54 Å². The number of nitrogens with one attached hydrogen (secondary N) is 1. The number of hydrogen-bond donors (Lipinski definition) is 1. The maximum Gasteiger partial charge on any atom is 0.147 e. The second kappa shape index (κ2) is 5.93. The van der Waals surface area contributed by atoms with E-state index in [1.807, 2.05) is 12.1 Å². The van der Waals surface area contributed by atoms with Gasteiger partial charge in [-0.15, -0.1) is 11.3 Å². The summed E-state index contributed by atoms with van der Waals surface area (Å²) in [5, 5.41) is 3.29. The molecule has 0 fully saturated rings. The zero-order chi connectivity index (χ0) is 13.0. The van der Waals surface area contributed by atoms with Gasteiger partial charge in [0.05, 0.1) is 14.0 Å². The predicted octanol–water partition coefficient (Wildman–Crippen LogP) is 4.16. The number of thiophene rings is 1. The molecule has 2 aromatic rings. The highest BCUT2D eigenvalue weighted by molar-refractivity contribution is 9.11. The number of halogens is 1. The summed E-state index contributed by atoms with van der Waals surface area (Å²) < 4.78 is 2.10. The van der Waals surface area contributed by atoms with E-state index in [9.17, 15) is 0 Å². The number of anilines is 1. The summed E-state index contributed by atoms with van der Waals surface area (Å²) in [6.07, 6.45) is 7.03. The van der Waals surface area contributed by atoms with Crippen molar-refractivity contribution in [2.24, 2.45) is 0 Å². The quantitative estimate of drug-likeness (QED) is 0.840. The number of rotatable bonds is 5. The van der Waals surface area contributed by atoms with Crippen LogP contribution in [0.2, 0.25) is 0 Å². The molecular formula is C13H12BrN3S. The third kappa shape index (κ3) is 2.86. The lowest BCUT2D eigenvalue weighted by atomic mass is 10.2. The van der Waals surface area contributed by atoms with Crippen molar-refractivity contribution in [1.29, 1.82) is 0 Å². The lowest BCUT2D eigenvalue weighted by Gasteiger charge is -2.06. The molecular weight excluding hydrogens is 310 g/mol. The Morgan fingerprint density at radius 2 is 2.28 bits per heavy atom. The first-order chi connectivity index (χ1) is 8.74. The standard InChI is InChI=1S/C13H12BrN3S/c1-3-5-9(4-2)7-15-13-12-10(16-8-17-13)6-11(14)18-12/h3-6,8H,1-2,7H2,(H,15,16,17)/b9-5+. The Hall–Kier alpha value is -1.46. The summed E-state index contributed by atoms with van der Waals surface area (Å²) in [6.45, 7) is 8.10. The molecule has 0 spiro atoms. The Morgan fingerprint density at radius 3 is 3.00 bits per heavy atom. The van der Waals surface area contributed by atoms with E-state index in [0.29, 0.717) is 6.54 Å². The molecule has 0 atom stereocenters. The molecule has 0 aliphatic carbocycles. The van der Waals surface area contributed by atoms with Crippen LogP contribution in [0.4, 0.5) is 5.82 Å². The van der Waals surface area contributed by atoms with Crippen molar-refractivity contribution >= 4 is 43.3 Å². The zero-order valence-electron chi connectivity index (χ0n) is 9.69. The lowest BCUT2D eigenvalue weighted by molar-refractivity contribution is 1.17. The van der Waals surface area contributed by atoms with Crippen LogP contribution in [0.1, 0.15) is 0 Å². The fraction of sp³-hybridized carbons (Fsp3) is 0.0769. The summed E-state index contributed by atoms with van der Waals surface area (Å²) in [4.78, 5) is 8.49. The number of hydrogen-bond acceptors (Lipinski definition) is 4. The van der Waals surface area contributed by atoms with Crippen LogP contribution < -0.4 is 5.32 Å². The van der Waals surface area contributed by atoms with Gasteiger partial charge < -0.3 is 5.32 Å². The minimum atomic E-state index is 0.664. The zero-order valence-corrected chi connectivity index (χ0v) is 12.1. The second-order valence-corrected chi connectivity index (χ2v) is 5.95. The topological polar surface area (TPSA) is 37.8 Å². The van der Waals surface area contributed by atoms with E-state index < -0.39 is 0 Å². The number of allylic oxidation sites excluding steroid dienone is 2. The van der Waals surface area contributed by atoms with E-state index in [-0.39, 0.29) is 0 Å². The largest absolute Gasteiger partial charge is 0.365 e. The third-order valence-corrected chi connectivity index (χ3v) is 3.97. The molecule has 2 heterocycles. The van der Waals surface area contributed by atoms with Crippen molar-refractivity contribution in [2.75, 3.05) is 11.9 Å². The van der Waals surface area contributed by atoms with Crippen LogP contribution in [0, 0.1) is 0 Å². The average molecular weight is 322 g/mol. The van der Waals surface area contributed by atoms with Crippen molar-refractivity contribution in [3.05, 3.63) is 53.1 Å². The Bertz CT molecular complexity index is 616. The van der Waals surface area contributed by atoms with E-state index in [1.165, 1.54) is 0 Å². The van der Waals surface area contributed by atoms with Crippen LogP contribution in [0.5, 0.6) is 0 Å².